The van der Waals surface area contributed by atoms with E-state index in [4.69, 9.17) is 10.3 Å². The number of nitrogens with two attached hydrogens (primary N) is 1. The molecule has 0 aromatic carbocycles. The molecule has 0 saturated heterocycles. The average molecular weight is 345 g/mol. The van der Waals surface area contributed by atoms with E-state index in [-0.39, 0.29) is 11.9 Å². The van der Waals surface area contributed by atoms with Gasteiger partial charge in [0, 0.05) is 12.4 Å². The molecule has 0 aliphatic carbocycles. The zero-order valence-corrected chi connectivity index (χ0v) is 13.8. The van der Waals surface area contributed by atoms with Crippen molar-refractivity contribution in [2.24, 2.45) is 0 Å². The first-order valence-corrected chi connectivity index (χ1v) is 7.93. The van der Waals surface area contributed by atoms with Crippen LogP contribution in [0.25, 0.3) is 11.4 Å². The summed E-state index contributed by atoms with van der Waals surface area (Å²) in [6.07, 6.45) is 4.66. The highest BCUT2D eigenvalue weighted by Crippen LogP contribution is 2.27. The Bertz CT molecular complexity index is 846. The van der Waals surface area contributed by atoms with Crippen molar-refractivity contribution < 1.29 is 9.21 Å². The van der Waals surface area contributed by atoms with Gasteiger partial charge in [-0.3, -0.25) is 10.1 Å². The molecular formula is C14H15N7O2S. The molecule has 3 heterocycles. The lowest BCUT2D eigenvalue weighted by Gasteiger charge is -2.10. The summed E-state index contributed by atoms with van der Waals surface area (Å²) in [7, 11) is 0. The van der Waals surface area contributed by atoms with E-state index in [0.29, 0.717) is 16.7 Å². The summed E-state index contributed by atoms with van der Waals surface area (Å²) in [6, 6.07) is 3.43. The van der Waals surface area contributed by atoms with E-state index in [1.54, 1.807) is 37.7 Å². The number of nitrogen functional groups attached to an aromatic ring is 1. The molecular weight excluding hydrogens is 330 g/mol. The van der Waals surface area contributed by atoms with Crippen LogP contribution < -0.4 is 11.2 Å². The molecule has 9 nitrogen and oxygen atoms in total. The Labute approximate surface area is 141 Å². The zero-order chi connectivity index (χ0) is 17.1. The summed E-state index contributed by atoms with van der Waals surface area (Å²) in [4.78, 5) is 20.1. The number of aromatic nitrogens is 5. The SMILES string of the molecule is Cc1occc1-c1nnc(SC(C)C(=O)Nc2ncccn2)n1N. The molecule has 1 atom stereocenters. The Balaban J connectivity index is 1.71. The van der Waals surface area contributed by atoms with E-state index in [9.17, 15) is 4.79 Å². The number of rotatable bonds is 5. The summed E-state index contributed by atoms with van der Waals surface area (Å²) in [5, 5.41) is 10.7. The van der Waals surface area contributed by atoms with E-state index in [1.807, 2.05) is 6.92 Å². The summed E-state index contributed by atoms with van der Waals surface area (Å²) in [5.74, 6) is 7.20. The highest BCUT2D eigenvalue weighted by atomic mass is 32.2. The van der Waals surface area contributed by atoms with Crippen LogP contribution in [-0.2, 0) is 4.79 Å². The van der Waals surface area contributed by atoms with Crippen LogP contribution in [0.5, 0.6) is 0 Å². The predicted octanol–water partition coefficient (Wildman–Crippen LogP) is 1.47. The first-order valence-electron chi connectivity index (χ1n) is 7.05. The third-order valence-corrected chi connectivity index (χ3v) is 4.27. The van der Waals surface area contributed by atoms with Gasteiger partial charge in [-0.05, 0) is 26.0 Å². The quantitative estimate of drug-likeness (QED) is 0.526. The van der Waals surface area contributed by atoms with Crippen molar-refractivity contribution >= 4 is 23.6 Å². The van der Waals surface area contributed by atoms with Gasteiger partial charge in [0.15, 0.2) is 5.82 Å². The normalized spacial score (nSPS) is 12.1. The maximum Gasteiger partial charge on any atom is 0.240 e. The van der Waals surface area contributed by atoms with Crippen LogP contribution in [-0.4, -0.2) is 36.0 Å². The Kier molecular flexibility index (Phi) is 4.47. The molecule has 124 valence electrons. The molecule has 3 rings (SSSR count). The molecule has 1 unspecified atom stereocenters. The van der Waals surface area contributed by atoms with Crippen LogP contribution in [0, 0.1) is 6.92 Å². The zero-order valence-electron chi connectivity index (χ0n) is 13.0. The first kappa shape index (κ1) is 16.0. The van der Waals surface area contributed by atoms with Gasteiger partial charge in [-0.1, -0.05) is 11.8 Å². The van der Waals surface area contributed by atoms with E-state index in [1.165, 1.54) is 16.4 Å². The topological polar surface area (TPSA) is 125 Å². The van der Waals surface area contributed by atoms with Gasteiger partial charge < -0.3 is 10.3 Å². The number of hydrogen-bond acceptors (Lipinski definition) is 8. The molecule has 24 heavy (non-hydrogen) atoms. The number of thioether (sulfide) groups is 1. The number of nitrogens with one attached hydrogen (secondary N) is 1. The van der Waals surface area contributed by atoms with Crippen molar-refractivity contribution in [1.29, 1.82) is 0 Å². The lowest BCUT2D eigenvalue weighted by atomic mass is 10.2. The number of amides is 1. The summed E-state index contributed by atoms with van der Waals surface area (Å²) in [5.41, 5.74) is 0.756. The van der Waals surface area contributed by atoms with Gasteiger partial charge in [0.05, 0.1) is 17.1 Å². The molecule has 1 amide bonds. The third-order valence-electron chi connectivity index (χ3n) is 3.22. The van der Waals surface area contributed by atoms with E-state index in [0.717, 1.165) is 5.56 Å². The largest absolute Gasteiger partial charge is 0.469 e. The smallest absolute Gasteiger partial charge is 0.240 e. The second-order valence-corrected chi connectivity index (χ2v) is 6.20. The monoisotopic (exact) mass is 345 g/mol. The molecule has 10 heteroatoms. The molecule has 0 spiro atoms. The number of anilines is 1. The number of nitrogens with zero attached hydrogens (tertiary/aromatic N) is 5. The van der Waals surface area contributed by atoms with Crippen molar-refractivity contribution in [3.63, 3.8) is 0 Å². The van der Waals surface area contributed by atoms with E-state index < -0.39 is 5.25 Å². The van der Waals surface area contributed by atoms with Gasteiger partial charge in [-0.15, -0.1) is 10.2 Å². The molecule has 0 saturated carbocycles. The predicted molar refractivity (Wildman–Crippen MR) is 88.6 cm³/mol. The molecule has 0 aliphatic heterocycles. The second-order valence-electron chi connectivity index (χ2n) is 4.89. The van der Waals surface area contributed by atoms with Crippen LogP contribution >= 0.6 is 11.8 Å². The first-order chi connectivity index (χ1) is 11.6. The van der Waals surface area contributed by atoms with Gasteiger partial charge in [0.25, 0.3) is 0 Å². The Hall–Kier alpha value is -2.88. The second kappa shape index (κ2) is 6.71. The highest BCUT2D eigenvalue weighted by molar-refractivity contribution is 8.00. The van der Waals surface area contributed by atoms with E-state index in [2.05, 4.69) is 25.5 Å². The molecule has 0 radical (unpaired) electrons. The molecule has 3 aromatic rings. The summed E-state index contributed by atoms with van der Waals surface area (Å²) >= 11 is 1.19. The number of furan rings is 1. The Morgan fingerprint density at radius 1 is 1.38 bits per heavy atom. The minimum atomic E-state index is -0.460. The summed E-state index contributed by atoms with van der Waals surface area (Å²) in [6.45, 7) is 3.55. The molecule has 0 bridgehead atoms. The lowest BCUT2D eigenvalue weighted by molar-refractivity contribution is -0.115. The fraction of sp³-hybridized carbons (Fsp3) is 0.214. The Morgan fingerprint density at radius 3 is 2.79 bits per heavy atom. The molecule has 3 aromatic heterocycles. The fourth-order valence-electron chi connectivity index (χ4n) is 1.95. The van der Waals surface area contributed by atoms with Crippen molar-refractivity contribution in [3.05, 3.63) is 36.5 Å². The van der Waals surface area contributed by atoms with Crippen LogP contribution in [0.3, 0.4) is 0 Å². The van der Waals surface area contributed by atoms with Crippen molar-refractivity contribution in [2.75, 3.05) is 11.2 Å². The third kappa shape index (κ3) is 3.23. The van der Waals surface area contributed by atoms with E-state index >= 15 is 0 Å². The van der Waals surface area contributed by atoms with Crippen LogP contribution in [0.15, 0.2) is 40.4 Å². The number of carbonyl (C=O) groups is 1. The van der Waals surface area contributed by atoms with Gasteiger partial charge in [0.1, 0.15) is 5.76 Å². The van der Waals surface area contributed by atoms with Gasteiger partial charge >= 0.3 is 0 Å². The Morgan fingerprint density at radius 2 is 2.12 bits per heavy atom. The summed E-state index contributed by atoms with van der Waals surface area (Å²) < 4.78 is 6.59. The van der Waals surface area contributed by atoms with Crippen LogP contribution in [0.2, 0.25) is 0 Å². The fourth-order valence-corrected chi connectivity index (χ4v) is 2.72. The maximum absolute atomic E-state index is 12.2. The number of hydrogen-bond donors (Lipinski definition) is 2. The number of carbonyl (C=O) groups excluding carboxylic acids is 1. The van der Waals surface area contributed by atoms with Crippen molar-refractivity contribution in [2.45, 2.75) is 24.3 Å². The van der Waals surface area contributed by atoms with Crippen LogP contribution in [0.4, 0.5) is 5.95 Å². The molecule has 3 N–H and O–H groups in total. The minimum Gasteiger partial charge on any atom is -0.469 e. The highest BCUT2D eigenvalue weighted by Gasteiger charge is 2.21. The molecule has 0 aliphatic rings. The van der Waals surface area contributed by atoms with Crippen molar-refractivity contribution in [1.82, 2.24) is 24.8 Å². The van der Waals surface area contributed by atoms with Gasteiger partial charge in [-0.25, -0.2) is 14.6 Å². The lowest BCUT2D eigenvalue weighted by Crippen LogP contribution is -2.24. The van der Waals surface area contributed by atoms with Crippen molar-refractivity contribution in [3.8, 4) is 11.4 Å². The van der Waals surface area contributed by atoms with Gasteiger partial charge in [0.2, 0.25) is 17.0 Å². The van der Waals surface area contributed by atoms with Gasteiger partial charge in [-0.2, -0.15) is 0 Å². The molecule has 0 fully saturated rings. The average Bonchev–Trinajstić information content (AvgIpc) is 3.14. The standard InChI is InChI=1S/C14H15N7O2S/c1-8-10(4-7-23-8)11-19-20-14(21(11)15)24-9(2)12(22)18-13-16-5-3-6-17-13/h3-7,9H,15H2,1-2H3,(H,16,17,18,22). The maximum atomic E-state index is 12.2. The number of aryl methyl sites for hydroxylation is 1. The van der Waals surface area contributed by atoms with Crippen LogP contribution in [0.1, 0.15) is 12.7 Å². The minimum absolute atomic E-state index is 0.249.